The normalized spacial score (nSPS) is 9.77. The Morgan fingerprint density at radius 1 is 1.54 bits per heavy atom. The molecule has 0 aliphatic carbocycles. The maximum atomic E-state index is 13.2. The molecule has 0 amide bonds. The van der Waals surface area contributed by atoms with Crippen LogP contribution in [0, 0.1) is 12.7 Å². The van der Waals surface area contributed by atoms with Crippen LogP contribution >= 0.6 is 0 Å². The Bertz CT molecular complexity index is 347. The zero-order chi connectivity index (χ0) is 10.0. The number of carboxylic acids is 1. The van der Waals surface area contributed by atoms with Gasteiger partial charge in [-0.05, 0) is 18.6 Å². The molecule has 0 aliphatic rings. The Labute approximate surface area is 74.8 Å². The minimum atomic E-state index is -1.32. The fourth-order valence-electron chi connectivity index (χ4n) is 1.03. The Morgan fingerprint density at radius 2 is 2.15 bits per heavy atom. The van der Waals surface area contributed by atoms with E-state index < -0.39 is 17.3 Å². The van der Waals surface area contributed by atoms with Crippen LogP contribution in [0.2, 0.25) is 0 Å². The first-order valence-electron chi connectivity index (χ1n) is 3.64. The zero-order valence-corrected chi connectivity index (χ0v) is 7.30. The average molecular weight is 184 g/mol. The van der Waals surface area contributed by atoms with Crippen LogP contribution in [-0.2, 0) is 0 Å². The fraction of sp³-hybridized carbons (Fsp3) is 0.222. The lowest BCUT2D eigenvalue weighted by atomic mass is 10.1. The summed E-state index contributed by atoms with van der Waals surface area (Å²) in [6, 6.07) is 2.91. The second-order valence-electron chi connectivity index (χ2n) is 2.58. The number of methoxy groups -OCH3 is 1. The third-order valence-electron chi connectivity index (χ3n) is 1.73. The van der Waals surface area contributed by atoms with Crippen LogP contribution in [0.3, 0.4) is 0 Å². The predicted octanol–water partition coefficient (Wildman–Crippen LogP) is 1.84. The van der Waals surface area contributed by atoms with E-state index in [1.807, 2.05) is 0 Å². The summed E-state index contributed by atoms with van der Waals surface area (Å²) in [5, 5.41) is 8.68. The van der Waals surface area contributed by atoms with Crippen molar-refractivity contribution in [3.8, 4) is 5.75 Å². The van der Waals surface area contributed by atoms with E-state index in [4.69, 9.17) is 9.84 Å². The van der Waals surface area contributed by atoms with Crippen molar-refractivity contribution in [3.63, 3.8) is 0 Å². The third-order valence-corrected chi connectivity index (χ3v) is 1.73. The molecule has 0 atom stereocenters. The maximum absolute atomic E-state index is 13.2. The van der Waals surface area contributed by atoms with Gasteiger partial charge in [0.1, 0.15) is 17.1 Å². The Hall–Kier alpha value is -1.58. The molecule has 1 aromatic rings. The van der Waals surface area contributed by atoms with Crippen molar-refractivity contribution in [2.75, 3.05) is 7.11 Å². The number of ether oxygens (including phenoxy) is 1. The second kappa shape index (κ2) is 3.43. The monoisotopic (exact) mass is 184 g/mol. The van der Waals surface area contributed by atoms with E-state index in [-0.39, 0.29) is 5.75 Å². The highest BCUT2D eigenvalue weighted by atomic mass is 19.1. The van der Waals surface area contributed by atoms with Crippen molar-refractivity contribution in [1.29, 1.82) is 0 Å². The van der Waals surface area contributed by atoms with Crippen LogP contribution in [0.4, 0.5) is 4.39 Å². The molecule has 4 heteroatoms. The third kappa shape index (κ3) is 1.61. The molecule has 1 rings (SSSR count). The van der Waals surface area contributed by atoms with E-state index in [9.17, 15) is 9.18 Å². The van der Waals surface area contributed by atoms with Gasteiger partial charge in [0.2, 0.25) is 0 Å². The van der Waals surface area contributed by atoms with Gasteiger partial charge in [-0.3, -0.25) is 0 Å². The molecule has 0 aliphatic heterocycles. The number of aromatic carboxylic acids is 1. The summed E-state index contributed by atoms with van der Waals surface area (Å²) < 4.78 is 18.0. The molecule has 0 saturated heterocycles. The summed E-state index contributed by atoms with van der Waals surface area (Å²) >= 11 is 0. The highest BCUT2D eigenvalue weighted by Gasteiger charge is 2.18. The van der Waals surface area contributed by atoms with E-state index in [1.54, 1.807) is 0 Å². The lowest BCUT2D eigenvalue weighted by Gasteiger charge is -2.06. The topological polar surface area (TPSA) is 46.5 Å². The first-order valence-corrected chi connectivity index (χ1v) is 3.64. The van der Waals surface area contributed by atoms with Gasteiger partial charge >= 0.3 is 5.97 Å². The first-order chi connectivity index (χ1) is 6.07. The van der Waals surface area contributed by atoms with E-state index in [0.29, 0.717) is 5.56 Å². The van der Waals surface area contributed by atoms with Gasteiger partial charge < -0.3 is 9.84 Å². The molecular weight excluding hydrogens is 175 g/mol. The van der Waals surface area contributed by atoms with Gasteiger partial charge in [-0.15, -0.1) is 0 Å². The van der Waals surface area contributed by atoms with Gasteiger partial charge in [0, 0.05) is 0 Å². The van der Waals surface area contributed by atoms with E-state index in [0.717, 1.165) is 0 Å². The predicted molar refractivity (Wildman–Crippen MR) is 44.6 cm³/mol. The fourth-order valence-corrected chi connectivity index (χ4v) is 1.03. The molecule has 13 heavy (non-hydrogen) atoms. The van der Waals surface area contributed by atoms with Crippen molar-refractivity contribution in [2.45, 2.75) is 6.92 Å². The number of carbonyl (C=O) groups is 1. The molecule has 1 N–H and O–H groups in total. The van der Waals surface area contributed by atoms with Gasteiger partial charge in [0.25, 0.3) is 0 Å². The standard InChI is InChI=1S/C9H9FO3/c1-5-3-4-6(13-2)7(8(5)10)9(11)12/h3-4H,1-2H3,(H,11,12). The van der Waals surface area contributed by atoms with E-state index in [2.05, 4.69) is 0 Å². The SMILES string of the molecule is COc1ccc(C)c(F)c1C(=O)O. The lowest BCUT2D eigenvalue weighted by Crippen LogP contribution is -2.05. The summed E-state index contributed by atoms with van der Waals surface area (Å²) in [4.78, 5) is 10.6. The van der Waals surface area contributed by atoms with Crippen LogP contribution in [-0.4, -0.2) is 18.2 Å². The molecule has 70 valence electrons. The van der Waals surface area contributed by atoms with Crippen molar-refractivity contribution < 1.29 is 19.0 Å². The molecule has 0 unspecified atom stereocenters. The molecule has 0 saturated carbocycles. The molecule has 0 radical (unpaired) electrons. The van der Waals surface area contributed by atoms with Crippen molar-refractivity contribution in [2.24, 2.45) is 0 Å². The quantitative estimate of drug-likeness (QED) is 0.762. The average Bonchev–Trinajstić information content (AvgIpc) is 2.08. The van der Waals surface area contributed by atoms with Crippen LogP contribution in [0.15, 0.2) is 12.1 Å². The number of carboxylic acid groups (broad SMARTS) is 1. The highest BCUT2D eigenvalue weighted by Crippen LogP contribution is 2.23. The van der Waals surface area contributed by atoms with Crippen molar-refractivity contribution in [1.82, 2.24) is 0 Å². The number of benzene rings is 1. The van der Waals surface area contributed by atoms with Gasteiger partial charge in [-0.25, -0.2) is 9.18 Å². The molecule has 0 spiro atoms. The molecule has 1 aromatic carbocycles. The lowest BCUT2D eigenvalue weighted by molar-refractivity contribution is 0.0688. The molecule has 3 nitrogen and oxygen atoms in total. The van der Waals surface area contributed by atoms with Crippen LogP contribution < -0.4 is 4.74 Å². The maximum Gasteiger partial charge on any atom is 0.342 e. The van der Waals surface area contributed by atoms with Gasteiger partial charge in [0.05, 0.1) is 7.11 Å². The van der Waals surface area contributed by atoms with Crippen LogP contribution in [0.1, 0.15) is 15.9 Å². The van der Waals surface area contributed by atoms with Gasteiger partial charge in [-0.1, -0.05) is 6.07 Å². The minimum Gasteiger partial charge on any atom is -0.496 e. The Balaban J connectivity index is 3.41. The summed E-state index contributed by atoms with van der Waals surface area (Å²) in [6.45, 7) is 1.50. The summed E-state index contributed by atoms with van der Waals surface area (Å²) in [5.74, 6) is -2.03. The summed E-state index contributed by atoms with van der Waals surface area (Å²) in [5.41, 5.74) is -0.124. The van der Waals surface area contributed by atoms with Crippen molar-refractivity contribution in [3.05, 3.63) is 29.1 Å². The zero-order valence-electron chi connectivity index (χ0n) is 7.30. The van der Waals surface area contributed by atoms with E-state index in [1.165, 1.54) is 26.2 Å². The summed E-state index contributed by atoms with van der Waals surface area (Å²) in [7, 11) is 1.30. The number of rotatable bonds is 2. The van der Waals surface area contributed by atoms with Crippen LogP contribution in [0.25, 0.3) is 0 Å². The van der Waals surface area contributed by atoms with Gasteiger partial charge in [0.15, 0.2) is 0 Å². The number of aryl methyl sites for hydroxylation is 1. The minimum absolute atomic E-state index is 0.0376. The molecule has 0 bridgehead atoms. The van der Waals surface area contributed by atoms with Gasteiger partial charge in [-0.2, -0.15) is 0 Å². The molecule has 0 heterocycles. The Kier molecular flexibility index (Phi) is 2.51. The largest absolute Gasteiger partial charge is 0.496 e. The molecular formula is C9H9FO3. The summed E-state index contributed by atoms with van der Waals surface area (Å²) in [6.07, 6.45) is 0. The molecule has 0 aromatic heterocycles. The van der Waals surface area contributed by atoms with Crippen LogP contribution in [0.5, 0.6) is 5.75 Å². The van der Waals surface area contributed by atoms with Crippen molar-refractivity contribution >= 4 is 5.97 Å². The number of halogens is 1. The number of hydrogen-bond acceptors (Lipinski definition) is 2. The smallest absolute Gasteiger partial charge is 0.342 e. The molecule has 0 fully saturated rings. The second-order valence-corrected chi connectivity index (χ2v) is 2.58. The van der Waals surface area contributed by atoms with E-state index >= 15 is 0 Å². The number of hydrogen-bond donors (Lipinski definition) is 1. The highest BCUT2D eigenvalue weighted by molar-refractivity contribution is 5.91. The Morgan fingerprint density at radius 3 is 2.62 bits per heavy atom. The first kappa shape index (κ1) is 9.51.